The van der Waals surface area contributed by atoms with Crippen LogP contribution in [0.3, 0.4) is 0 Å². The third kappa shape index (κ3) is 4.61. The Morgan fingerprint density at radius 1 is 1.13 bits per heavy atom. The van der Waals surface area contributed by atoms with Crippen LogP contribution in [-0.4, -0.2) is 61.1 Å². The van der Waals surface area contributed by atoms with Crippen LogP contribution in [0.5, 0.6) is 0 Å². The van der Waals surface area contributed by atoms with Crippen LogP contribution in [0.4, 0.5) is 10.5 Å². The van der Waals surface area contributed by atoms with Gasteiger partial charge in [0.15, 0.2) is 0 Å². The maximum absolute atomic E-state index is 12.3. The van der Waals surface area contributed by atoms with Crippen molar-refractivity contribution in [1.29, 1.82) is 0 Å². The summed E-state index contributed by atoms with van der Waals surface area (Å²) in [5, 5.41) is 3.20. The normalized spacial score (nSPS) is 14.6. The Morgan fingerprint density at radius 3 is 2.39 bits per heavy atom. The number of hydrogen-bond acceptors (Lipinski definition) is 4. The number of hydrogen-bond donors (Lipinski definition) is 1. The number of ether oxygens (including phenoxy) is 1. The van der Waals surface area contributed by atoms with E-state index in [1.54, 1.807) is 16.7 Å². The largest absolute Gasteiger partial charge is 0.450 e. The summed E-state index contributed by atoms with van der Waals surface area (Å²) in [6, 6.07) is 6.11. The van der Waals surface area contributed by atoms with E-state index in [9.17, 15) is 9.59 Å². The Bertz CT molecular complexity index is 566. The van der Waals surface area contributed by atoms with Crippen molar-refractivity contribution in [1.82, 2.24) is 9.80 Å². The lowest BCUT2D eigenvalue weighted by Gasteiger charge is -2.34. The molecule has 0 atom stereocenters. The molecule has 23 heavy (non-hydrogen) atoms. The Hall–Kier alpha value is -2.24. The standard InChI is InChI=1S/C17H25N3O3/c1-4-23-17(22)20-9-7-19(8-10-20)16(21)12-18-15-6-5-13(2)11-14(15)3/h5-6,11,18H,4,7-10,12H2,1-3H3. The van der Waals surface area contributed by atoms with E-state index in [-0.39, 0.29) is 18.5 Å². The van der Waals surface area contributed by atoms with Gasteiger partial charge < -0.3 is 19.9 Å². The fourth-order valence-electron chi connectivity index (χ4n) is 2.65. The highest BCUT2D eigenvalue weighted by Crippen LogP contribution is 2.15. The SMILES string of the molecule is CCOC(=O)N1CCN(C(=O)CNc2ccc(C)cc2C)CC1. The van der Waals surface area contributed by atoms with Crippen molar-refractivity contribution < 1.29 is 14.3 Å². The number of rotatable bonds is 4. The highest BCUT2D eigenvalue weighted by molar-refractivity contribution is 5.81. The highest BCUT2D eigenvalue weighted by Gasteiger charge is 2.24. The van der Waals surface area contributed by atoms with Crippen molar-refractivity contribution in [3.63, 3.8) is 0 Å². The number of nitrogens with one attached hydrogen (secondary N) is 1. The van der Waals surface area contributed by atoms with E-state index in [0.717, 1.165) is 11.3 Å². The van der Waals surface area contributed by atoms with Gasteiger partial charge in [-0.2, -0.15) is 0 Å². The van der Waals surface area contributed by atoms with E-state index in [4.69, 9.17) is 4.74 Å². The van der Waals surface area contributed by atoms with E-state index in [0.29, 0.717) is 32.8 Å². The molecule has 1 N–H and O–H groups in total. The van der Waals surface area contributed by atoms with Gasteiger partial charge in [-0.05, 0) is 32.4 Å². The molecule has 0 spiro atoms. The van der Waals surface area contributed by atoms with Gasteiger partial charge in [0.05, 0.1) is 13.2 Å². The summed E-state index contributed by atoms with van der Waals surface area (Å²) in [5.74, 6) is 0.0495. The lowest BCUT2D eigenvalue weighted by atomic mass is 10.1. The molecule has 1 aliphatic heterocycles. The molecule has 0 aliphatic carbocycles. The first-order valence-electron chi connectivity index (χ1n) is 8.02. The van der Waals surface area contributed by atoms with Gasteiger partial charge in [0.25, 0.3) is 0 Å². The second-order valence-electron chi connectivity index (χ2n) is 5.74. The zero-order valence-electron chi connectivity index (χ0n) is 14.1. The summed E-state index contributed by atoms with van der Waals surface area (Å²) < 4.78 is 4.98. The van der Waals surface area contributed by atoms with Crippen LogP contribution in [-0.2, 0) is 9.53 Å². The number of nitrogens with zero attached hydrogens (tertiary/aromatic N) is 2. The number of amides is 2. The molecular formula is C17H25N3O3. The van der Waals surface area contributed by atoms with Crippen molar-refractivity contribution in [3.05, 3.63) is 29.3 Å². The molecule has 2 amide bonds. The predicted molar refractivity (Wildman–Crippen MR) is 89.6 cm³/mol. The minimum Gasteiger partial charge on any atom is -0.450 e. The first-order chi connectivity index (χ1) is 11.0. The van der Waals surface area contributed by atoms with Crippen LogP contribution in [0.15, 0.2) is 18.2 Å². The molecule has 1 aromatic carbocycles. The van der Waals surface area contributed by atoms with E-state index in [2.05, 4.69) is 11.4 Å². The van der Waals surface area contributed by atoms with E-state index < -0.39 is 0 Å². The molecule has 0 saturated carbocycles. The number of piperazine rings is 1. The topological polar surface area (TPSA) is 61.9 Å². The number of aryl methyl sites for hydroxylation is 2. The second-order valence-corrected chi connectivity index (χ2v) is 5.74. The molecule has 1 aliphatic rings. The van der Waals surface area contributed by atoms with E-state index in [1.807, 2.05) is 26.0 Å². The third-order valence-corrected chi connectivity index (χ3v) is 3.97. The summed E-state index contributed by atoms with van der Waals surface area (Å²) in [6.07, 6.45) is -0.298. The molecule has 126 valence electrons. The summed E-state index contributed by atoms with van der Waals surface area (Å²) in [7, 11) is 0. The van der Waals surface area contributed by atoms with Crippen molar-refractivity contribution in [2.45, 2.75) is 20.8 Å². The predicted octanol–water partition coefficient (Wildman–Crippen LogP) is 2.02. The number of benzene rings is 1. The summed E-state index contributed by atoms with van der Waals surface area (Å²) >= 11 is 0. The average molecular weight is 319 g/mol. The molecule has 0 aromatic heterocycles. The van der Waals surface area contributed by atoms with E-state index >= 15 is 0 Å². The first-order valence-corrected chi connectivity index (χ1v) is 8.02. The maximum Gasteiger partial charge on any atom is 0.409 e. The zero-order valence-corrected chi connectivity index (χ0v) is 14.1. The molecule has 0 unspecified atom stereocenters. The Morgan fingerprint density at radius 2 is 1.78 bits per heavy atom. The quantitative estimate of drug-likeness (QED) is 0.922. The number of carbonyl (C=O) groups excluding carboxylic acids is 2. The van der Waals surface area contributed by atoms with Gasteiger partial charge in [-0.15, -0.1) is 0 Å². The van der Waals surface area contributed by atoms with Gasteiger partial charge >= 0.3 is 6.09 Å². The van der Waals surface area contributed by atoms with Gasteiger partial charge in [0.1, 0.15) is 0 Å². The highest BCUT2D eigenvalue weighted by atomic mass is 16.6. The second kappa shape index (κ2) is 7.85. The zero-order chi connectivity index (χ0) is 16.8. The summed E-state index contributed by atoms with van der Waals surface area (Å²) in [4.78, 5) is 27.3. The van der Waals surface area contributed by atoms with Crippen molar-refractivity contribution >= 4 is 17.7 Å². The van der Waals surface area contributed by atoms with Gasteiger partial charge in [-0.3, -0.25) is 4.79 Å². The average Bonchev–Trinajstić information content (AvgIpc) is 2.54. The molecule has 1 saturated heterocycles. The van der Waals surface area contributed by atoms with Gasteiger partial charge in [-0.25, -0.2) is 4.79 Å². The lowest BCUT2D eigenvalue weighted by Crippen LogP contribution is -2.51. The summed E-state index contributed by atoms with van der Waals surface area (Å²) in [5.41, 5.74) is 3.31. The fourth-order valence-corrected chi connectivity index (χ4v) is 2.65. The van der Waals surface area contributed by atoms with Gasteiger partial charge in [-0.1, -0.05) is 17.7 Å². The fraction of sp³-hybridized carbons (Fsp3) is 0.529. The number of carbonyl (C=O) groups is 2. The van der Waals surface area contributed by atoms with E-state index in [1.165, 1.54) is 5.56 Å². The Kier molecular flexibility index (Phi) is 5.84. The third-order valence-electron chi connectivity index (χ3n) is 3.97. The van der Waals surface area contributed by atoms with Crippen LogP contribution >= 0.6 is 0 Å². The smallest absolute Gasteiger partial charge is 0.409 e. The first kappa shape index (κ1) is 17.1. The van der Waals surface area contributed by atoms with Crippen molar-refractivity contribution in [3.8, 4) is 0 Å². The Labute approximate surface area is 137 Å². The molecule has 1 aromatic rings. The van der Waals surface area contributed by atoms with Gasteiger partial charge in [0, 0.05) is 31.9 Å². The van der Waals surface area contributed by atoms with Crippen LogP contribution in [0.25, 0.3) is 0 Å². The molecule has 0 radical (unpaired) electrons. The summed E-state index contributed by atoms with van der Waals surface area (Å²) in [6.45, 7) is 8.64. The molecule has 2 rings (SSSR count). The molecular weight excluding hydrogens is 294 g/mol. The van der Waals surface area contributed by atoms with Crippen molar-refractivity contribution in [2.24, 2.45) is 0 Å². The molecule has 1 fully saturated rings. The Balaban J connectivity index is 1.80. The molecule has 1 heterocycles. The van der Waals surface area contributed by atoms with Gasteiger partial charge in [0.2, 0.25) is 5.91 Å². The minimum atomic E-state index is -0.298. The molecule has 6 nitrogen and oxygen atoms in total. The number of anilines is 1. The minimum absolute atomic E-state index is 0.0495. The van der Waals surface area contributed by atoms with Crippen LogP contribution < -0.4 is 5.32 Å². The van der Waals surface area contributed by atoms with Crippen LogP contribution in [0.2, 0.25) is 0 Å². The molecule has 6 heteroatoms. The van der Waals surface area contributed by atoms with Crippen molar-refractivity contribution in [2.75, 3.05) is 44.6 Å². The maximum atomic E-state index is 12.3. The lowest BCUT2D eigenvalue weighted by molar-refractivity contribution is -0.130. The van der Waals surface area contributed by atoms with Crippen LogP contribution in [0, 0.1) is 13.8 Å². The molecule has 0 bridgehead atoms. The monoisotopic (exact) mass is 319 g/mol. The van der Waals surface area contributed by atoms with Crippen LogP contribution in [0.1, 0.15) is 18.1 Å².